The largest absolute Gasteiger partial charge is 0.401 e. The number of likely N-dealkylation sites (tertiary alicyclic amines) is 1. The van der Waals surface area contributed by atoms with Crippen LogP contribution in [-0.4, -0.2) is 55.9 Å². The van der Waals surface area contributed by atoms with E-state index in [9.17, 15) is 13.2 Å². The van der Waals surface area contributed by atoms with Gasteiger partial charge in [-0.15, -0.1) is 0 Å². The van der Waals surface area contributed by atoms with Crippen LogP contribution in [0.15, 0.2) is 29.3 Å². The molecular formula is C19H29F3N4O. The van der Waals surface area contributed by atoms with Crippen molar-refractivity contribution in [3.8, 4) is 0 Å². The van der Waals surface area contributed by atoms with Crippen molar-refractivity contribution in [2.45, 2.75) is 45.6 Å². The summed E-state index contributed by atoms with van der Waals surface area (Å²) in [5.74, 6) is 0.627. The molecule has 1 aliphatic heterocycles. The predicted molar refractivity (Wildman–Crippen MR) is 101 cm³/mol. The number of halogens is 3. The first-order valence-electron chi connectivity index (χ1n) is 9.39. The van der Waals surface area contributed by atoms with E-state index in [0.717, 1.165) is 11.1 Å². The summed E-state index contributed by atoms with van der Waals surface area (Å²) in [4.78, 5) is 6.04. The van der Waals surface area contributed by atoms with Crippen molar-refractivity contribution >= 4 is 5.96 Å². The molecule has 1 aromatic rings. The van der Waals surface area contributed by atoms with Crippen LogP contribution in [0.1, 0.15) is 31.4 Å². The number of rotatable bonds is 8. The van der Waals surface area contributed by atoms with Crippen molar-refractivity contribution < 1.29 is 17.9 Å². The van der Waals surface area contributed by atoms with Gasteiger partial charge in [0.1, 0.15) is 0 Å². The maximum Gasteiger partial charge on any atom is 0.401 e. The smallest absolute Gasteiger partial charge is 0.377 e. The van der Waals surface area contributed by atoms with Crippen molar-refractivity contribution in [3.05, 3.63) is 35.4 Å². The number of aliphatic imine (C=N–C) groups is 1. The molecule has 1 saturated heterocycles. The summed E-state index contributed by atoms with van der Waals surface area (Å²) in [6, 6.07) is 7.93. The van der Waals surface area contributed by atoms with Gasteiger partial charge in [0.15, 0.2) is 5.96 Å². The highest BCUT2D eigenvalue weighted by Gasteiger charge is 2.34. The lowest BCUT2D eigenvalue weighted by molar-refractivity contribution is -0.143. The molecule has 1 aliphatic rings. The van der Waals surface area contributed by atoms with Crippen LogP contribution in [-0.2, 0) is 17.9 Å². The van der Waals surface area contributed by atoms with E-state index in [-0.39, 0.29) is 6.04 Å². The summed E-state index contributed by atoms with van der Waals surface area (Å²) in [5.41, 5.74) is 2.17. The second-order valence-electron chi connectivity index (χ2n) is 6.58. The normalized spacial score (nSPS) is 18.7. The number of alkyl halides is 3. The first kappa shape index (κ1) is 21.5. The van der Waals surface area contributed by atoms with Gasteiger partial charge in [0.2, 0.25) is 0 Å². The second kappa shape index (κ2) is 10.5. The third kappa shape index (κ3) is 7.76. The molecule has 0 spiro atoms. The number of benzene rings is 1. The van der Waals surface area contributed by atoms with Gasteiger partial charge in [-0.3, -0.25) is 4.90 Å². The number of ether oxygens (including phenoxy) is 1. The molecule has 1 unspecified atom stereocenters. The molecule has 2 rings (SSSR count). The lowest BCUT2D eigenvalue weighted by Crippen LogP contribution is -2.45. The Morgan fingerprint density at radius 2 is 2.00 bits per heavy atom. The lowest BCUT2D eigenvalue weighted by Gasteiger charge is -2.20. The minimum Gasteiger partial charge on any atom is -0.377 e. The molecule has 0 amide bonds. The summed E-state index contributed by atoms with van der Waals surface area (Å²) in [6.45, 7) is 6.23. The van der Waals surface area contributed by atoms with Crippen LogP contribution >= 0.6 is 0 Å². The zero-order valence-electron chi connectivity index (χ0n) is 16.0. The molecule has 0 bridgehead atoms. The Morgan fingerprint density at radius 3 is 2.67 bits per heavy atom. The summed E-state index contributed by atoms with van der Waals surface area (Å²) < 4.78 is 43.1. The zero-order valence-corrected chi connectivity index (χ0v) is 16.0. The van der Waals surface area contributed by atoms with Gasteiger partial charge in [0, 0.05) is 32.3 Å². The Hall–Kier alpha value is -1.80. The molecule has 2 N–H and O–H groups in total. The minimum atomic E-state index is -4.16. The minimum absolute atomic E-state index is 0.0381. The monoisotopic (exact) mass is 386 g/mol. The molecule has 0 aromatic heterocycles. The predicted octanol–water partition coefficient (Wildman–Crippen LogP) is 2.91. The maximum absolute atomic E-state index is 12.5. The fraction of sp³-hybridized carbons (Fsp3) is 0.632. The Bertz CT molecular complexity index is 607. The van der Waals surface area contributed by atoms with Crippen LogP contribution in [0.5, 0.6) is 0 Å². The van der Waals surface area contributed by atoms with E-state index < -0.39 is 12.7 Å². The molecule has 0 aliphatic carbocycles. The number of hydrogen-bond acceptors (Lipinski definition) is 3. The fourth-order valence-electron chi connectivity index (χ4n) is 3.09. The number of nitrogens with zero attached hydrogens (tertiary/aromatic N) is 2. The van der Waals surface area contributed by atoms with Crippen molar-refractivity contribution in [2.75, 3.05) is 32.8 Å². The third-order valence-corrected chi connectivity index (χ3v) is 4.35. The van der Waals surface area contributed by atoms with Gasteiger partial charge >= 0.3 is 6.18 Å². The molecule has 0 radical (unpaired) electrons. The van der Waals surface area contributed by atoms with E-state index in [1.54, 1.807) is 0 Å². The molecule has 8 heteroatoms. The first-order chi connectivity index (χ1) is 12.9. The molecule has 1 atom stereocenters. The first-order valence-corrected chi connectivity index (χ1v) is 9.39. The van der Waals surface area contributed by atoms with Crippen LogP contribution in [0.4, 0.5) is 13.2 Å². The van der Waals surface area contributed by atoms with Crippen LogP contribution in [0, 0.1) is 0 Å². The Kier molecular flexibility index (Phi) is 8.37. The molecular weight excluding hydrogens is 357 g/mol. The molecule has 1 heterocycles. The Labute approximate surface area is 159 Å². The average Bonchev–Trinajstić information content (AvgIpc) is 3.03. The summed E-state index contributed by atoms with van der Waals surface area (Å²) in [6.07, 6.45) is -3.49. The SMILES string of the molecule is CCNC(=NCc1ccccc1COCC)NC1CCN(CC(F)(F)F)C1. The van der Waals surface area contributed by atoms with Crippen LogP contribution < -0.4 is 10.6 Å². The standard InChI is InChI=1S/C19H29F3N4O/c1-3-23-18(25-17-9-10-26(12-17)14-19(20,21)22)24-11-15-7-5-6-8-16(15)13-27-4-2/h5-8,17H,3-4,9-14H2,1-2H3,(H2,23,24,25). The molecule has 0 saturated carbocycles. The van der Waals surface area contributed by atoms with Crippen molar-refractivity contribution in [3.63, 3.8) is 0 Å². The summed E-state index contributed by atoms with van der Waals surface area (Å²) in [7, 11) is 0. The van der Waals surface area contributed by atoms with Crippen LogP contribution in [0.2, 0.25) is 0 Å². The van der Waals surface area contributed by atoms with Crippen molar-refractivity contribution in [1.82, 2.24) is 15.5 Å². The molecule has 27 heavy (non-hydrogen) atoms. The highest BCUT2D eigenvalue weighted by Crippen LogP contribution is 2.20. The molecule has 1 aromatic carbocycles. The summed E-state index contributed by atoms with van der Waals surface area (Å²) in [5, 5.41) is 6.44. The van der Waals surface area contributed by atoms with Crippen LogP contribution in [0.25, 0.3) is 0 Å². The fourth-order valence-corrected chi connectivity index (χ4v) is 3.09. The van der Waals surface area contributed by atoms with Gasteiger partial charge in [-0.05, 0) is 31.4 Å². The zero-order chi connectivity index (χ0) is 19.7. The van der Waals surface area contributed by atoms with E-state index in [1.165, 1.54) is 4.90 Å². The van der Waals surface area contributed by atoms with E-state index >= 15 is 0 Å². The van der Waals surface area contributed by atoms with Gasteiger partial charge in [-0.25, -0.2) is 4.99 Å². The quantitative estimate of drug-likeness (QED) is 0.533. The highest BCUT2D eigenvalue weighted by atomic mass is 19.4. The van der Waals surface area contributed by atoms with E-state index in [1.807, 2.05) is 38.1 Å². The Morgan fingerprint density at radius 1 is 1.26 bits per heavy atom. The van der Waals surface area contributed by atoms with E-state index in [2.05, 4.69) is 15.6 Å². The molecule has 5 nitrogen and oxygen atoms in total. The third-order valence-electron chi connectivity index (χ3n) is 4.35. The van der Waals surface area contributed by atoms with Crippen molar-refractivity contribution in [1.29, 1.82) is 0 Å². The number of nitrogens with one attached hydrogen (secondary N) is 2. The van der Waals surface area contributed by atoms with Gasteiger partial charge in [-0.1, -0.05) is 24.3 Å². The maximum atomic E-state index is 12.5. The lowest BCUT2D eigenvalue weighted by atomic mass is 10.1. The van der Waals surface area contributed by atoms with Gasteiger partial charge in [0.05, 0.1) is 19.7 Å². The topological polar surface area (TPSA) is 48.9 Å². The van der Waals surface area contributed by atoms with E-state index in [0.29, 0.717) is 51.8 Å². The average molecular weight is 386 g/mol. The van der Waals surface area contributed by atoms with Crippen molar-refractivity contribution in [2.24, 2.45) is 4.99 Å². The summed E-state index contributed by atoms with van der Waals surface area (Å²) >= 11 is 0. The Balaban J connectivity index is 1.95. The van der Waals surface area contributed by atoms with Gasteiger partial charge < -0.3 is 15.4 Å². The van der Waals surface area contributed by atoms with Crippen LogP contribution in [0.3, 0.4) is 0 Å². The molecule has 1 fully saturated rings. The molecule has 152 valence electrons. The number of guanidine groups is 1. The highest BCUT2D eigenvalue weighted by molar-refractivity contribution is 5.80. The van der Waals surface area contributed by atoms with E-state index in [4.69, 9.17) is 4.74 Å². The van der Waals surface area contributed by atoms with Gasteiger partial charge in [-0.2, -0.15) is 13.2 Å². The number of hydrogen-bond donors (Lipinski definition) is 2. The second-order valence-corrected chi connectivity index (χ2v) is 6.58. The van der Waals surface area contributed by atoms with Gasteiger partial charge in [0.25, 0.3) is 0 Å².